The van der Waals surface area contributed by atoms with Gasteiger partial charge < -0.3 is 10.1 Å². The van der Waals surface area contributed by atoms with Gasteiger partial charge in [0.2, 0.25) is 5.88 Å². The minimum Gasteiger partial charge on any atom is -0.415 e. The smallest absolute Gasteiger partial charge is 0.388 e. The van der Waals surface area contributed by atoms with Gasteiger partial charge in [0.1, 0.15) is 17.5 Å². The van der Waals surface area contributed by atoms with Crippen LogP contribution in [0.2, 0.25) is 0 Å². The third kappa shape index (κ3) is 2.96. The predicted octanol–water partition coefficient (Wildman–Crippen LogP) is 2.25. The number of aromatic nitrogens is 6. The minimum absolute atomic E-state index is 0.0341. The molecule has 0 radical (unpaired) electrons. The molecule has 0 amide bonds. The highest BCUT2D eigenvalue weighted by molar-refractivity contribution is 5.71. The summed E-state index contributed by atoms with van der Waals surface area (Å²) in [4.78, 5) is 8.59. The number of rotatable bonds is 6. The van der Waals surface area contributed by atoms with Crippen LogP contribution in [0.25, 0.3) is 11.2 Å². The molecule has 0 bridgehead atoms. The lowest BCUT2D eigenvalue weighted by Gasteiger charge is -2.04. The van der Waals surface area contributed by atoms with E-state index in [-0.39, 0.29) is 11.8 Å². The van der Waals surface area contributed by atoms with Crippen LogP contribution in [0.4, 0.5) is 24.8 Å². The Morgan fingerprint density at radius 1 is 1.42 bits per heavy atom. The first-order valence-corrected chi connectivity index (χ1v) is 7.18. The second-order valence-electron chi connectivity index (χ2n) is 5.43. The van der Waals surface area contributed by atoms with E-state index in [0.717, 1.165) is 0 Å². The van der Waals surface area contributed by atoms with Gasteiger partial charge in [-0.2, -0.15) is 13.9 Å². The molecule has 1 fully saturated rings. The lowest BCUT2D eigenvalue weighted by Crippen LogP contribution is -2.05. The van der Waals surface area contributed by atoms with Crippen molar-refractivity contribution in [1.29, 1.82) is 0 Å². The molecule has 2 atom stereocenters. The zero-order valence-corrected chi connectivity index (χ0v) is 12.2. The molecule has 0 aliphatic heterocycles. The summed E-state index contributed by atoms with van der Waals surface area (Å²) in [6.45, 7) is -2.51. The molecule has 1 aliphatic rings. The first-order chi connectivity index (χ1) is 11.6. The number of ether oxygens (including phenoxy) is 1. The number of H-pyrrole nitrogens is 1. The van der Waals surface area contributed by atoms with Crippen LogP contribution < -0.4 is 10.1 Å². The van der Waals surface area contributed by atoms with Crippen molar-refractivity contribution in [3.8, 4) is 5.88 Å². The van der Waals surface area contributed by atoms with Crippen molar-refractivity contribution in [2.24, 2.45) is 5.92 Å². The Hall–Kier alpha value is -2.85. The average Bonchev–Trinajstić information content (AvgIpc) is 2.92. The molecule has 0 spiro atoms. The van der Waals surface area contributed by atoms with Gasteiger partial charge in [0.25, 0.3) is 0 Å². The van der Waals surface area contributed by atoms with Gasteiger partial charge in [-0.1, -0.05) is 0 Å². The Morgan fingerprint density at radius 2 is 2.25 bits per heavy atom. The van der Waals surface area contributed by atoms with Crippen molar-refractivity contribution in [1.82, 2.24) is 29.9 Å². The third-order valence-corrected chi connectivity index (χ3v) is 3.62. The molecule has 0 aromatic carbocycles. The van der Waals surface area contributed by atoms with Crippen LogP contribution in [0, 0.1) is 5.92 Å². The van der Waals surface area contributed by atoms with E-state index in [1.807, 2.05) is 0 Å². The van der Waals surface area contributed by atoms with E-state index >= 15 is 0 Å². The van der Waals surface area contributed by atoms with Gasteiger partial charge in [0, 0.05) is 18.5 Å². The number of halogens is 3. The number of nitrogens with zero attached hydrogens (tertiary/aromatic N) is 5. The van der Waals surface area contributed by atoms with Crippen molar-refractivity contribution < 1.29 is 17.9 Å². The fourth-order valence-corrected chi connectivity index (χ4v) is 2.32. The highest BCUT2D eigenvalue weighted by atomic mass is 19.3. The molecule has 0 unspecified atom stereocenters. The molecule has 8 nitrogen and oxygen atoms in total. The maximum absolute atomic E-state index is 13.1. The van der Waals surface area contributed by atoms with Crippen molar-refractivity contribution >= 4 is 22.8 Å². The molecule has 0 saturated heterocycles. The molecule has 11 heteroatoms. The predicted molar refractivity (Wildman–Crippen MR) is 76.8 cm³/mol. The van der Waals surface area contributed by atoms with Crippen LogP contribution in [-0.4, -0.2) is 42.7 Å². The van der Waals surface area contributed by atoms with Crippen LogP contribution in [0.1, 0.15) is 6.42 Å². The van der Waals surface area contributed by atoms with E-state index in [0.29, 0.717) is 35.8 Å². The van der Waals surface area contributed by atoms with Crippen molar-refractivity contribution in [3.05, 3.63) is 18.5 Å². The summed E-state index contributed by atoms with van der Waals surface area (Å²) < 4.78 is 43.1. The van der Waals surface area contributed by atoms with Gasteiger partial charge >= 0.3 is 6.61 Å². The number of alkyl halides is 3. The number of fused-ring (bicyclic) bond motifs is 1. The Labute approximate surface area is 133 Å². The number of nitrogens with one attached hydrogen (secondary N) is 2. The minimum atomic E-state index is -2.95. The molecule has 3 aromatic rings. The molecule has 4 rings (SSSR count). The molecular weight excluding hydrogens is 327 g/mol. The van der Waals surface area contributed by atoms with E-state index in [1.54, 1.807) is 10.9 Å². The lowest BCUT2D eigenvalue weighted by molar-refractivity contribution is -0.0528. The number of hydrogen-bond acceptors (Lipinski definition) is 6. The lowest BCUT2D eigenvalue weighted by atomic mass is 10.4. The molecular formula is C13H12F3N7O. The van der Waals surface area contributed by atoms with Crippen LogP contribution >= 0.6 is 0 Å². The molecule has 24 heavy (non-hydrogen) atoms. The second-order valence-corrected chi connectivity index (χ2v) is 5.43. The molecule has 126 valence electrons. The van der Waals surface area contributed by atoms with Gasteiger partial charge in [0.05, 0.1) is 12.4 Å². The monoisotopic (exact) mass is 339 g/mol. The van der Waals surface area contributed by atoms with Crippen molar-refractivity contribution in [3.63, 3.8) is 0 Å². The topological polar surface area (TPSA) is 93.5 Å². The summed E-state index contributed by atoms with van der Waals surface area (Å²) in [5, 5.41) is 13.1. The van der Waals surface area contributed by atoms with Crippen molar-refractivity contribution in [2.45, 2.75) is 25.7 Å². The zero-order valence-electron chi connectivity index (χ0n) is 12.2. The fraction of sp³-hybridized carbons (Fsp3) is 0.385. The highest BCUT2D eigenvalue weighted by Crippen LogP contribution is 2.35. The normalized spacial score (nSPS) is 19.8. The Balaban J connectivity index is 1.53. The molecule has 1 aliphatic carbocycles. The van der Waals surface area contributed by atoms with E-state index < -0.39 is 12.8 Å². The van der Waals surface area contributed by atoms with Crippen LogP contribution in [-0.2, 0) is 6.54 Å². The zero-order chi connectivity index (χ0) is 16.7. The van der Waals surface area contributed by atoms with Crippen molar-refractivity contribution in [2.75, 3.05) is 5.32 Å². The van der Waals surface area contributed by atoms with E-state index in [2.05, 4.69) is 35.3 Å². The summed E-state index contributed by atoms with van der Waals surface area (Å²) >= 11 is 0. The second kappa shape index (κ2) is 5.65. The standard InChI is InChI=1S/C13H12F3N7O/c14-7-1-6(7)5-23-12-8(3-18-23)17-4-10(20-12)19-9-2-11(22-21-9)24-13(15)16/h2-4,6-7,13H,1,5H2,(H2,19,20,21,22)/t6-,7+/m1/s1. The van der Waals surface area contributed by atoms with Crippen LogP contribution in [0.3, 0.4) is 0 Å². The first-order valence-electron chi connectivity index (χ1n) is 7.18. The maximum atomic E-state index is 13.1. The largest absolute Gasteiger partial charge is 0.415 e. The average molecular weight is 339 g/mol. The summed E-state index contributed by atoms with van der Waals surface area (Å²) in [6, 6.07) is 1.27. The summed E-state index contributed by atoms with van der Waals surface area (Å²) in [5.41, 5.74) is 1.10. The maximum Gasteiger partial charge on any atom is 0.388 e. The quantitative estimate of drug-likeness (QED) is 0.715. The van der Waals surface area contributed by atoms with Crippen LogP contribution in [0.15, 0.2) is 18.5 Å². The Kier molecular flexibility index (Phi) is 3.47. The van der Waals surface area contributed by atoms with Gasteiger partial charge in [-0.25, -0.2) is 19.0 Å². The third-order valence-electron chi connectivity index (χ3n) is 3.62. The van der Waals surface area contributed by atoms with Gasteiger partial charge in [-0.3, -0.25) is 5.10 Å². The highest BCUT2D eigenvalue weighted by Gasteiger charge is 2.38. The molecule has 3 aromatic heterocycles. The molecule has 1 saturated carbocycles. The Morgan fingerprint density at radius 3 is 3.00 bits per heavy atom. The van der Waals surface area contributed by atoms with Gasteiger partial charge in [-0.15, -0.1) is 5.10 Å². The fourth-order valence-electron chi connectivity index (χ4n) is 2.32. The van der Waals surface area contributed by atoms with E-state index in [4.69, 9.17) is 0 Å². The molecule has 3 heterocycles. The first kappa shape index (κ1) is 14.7. The molecule has 2 N–H and O–H groups in total. The number of anilines is 2. The van der Waals surface area contributed by atoms with E-state index in [1.165, 1.54) is 12.3 Å². The SMILES string of the molecule is FC(F)Oc1cc(Nc2cnc3cnn(C[C@H]4C[C@@H]4F)c3n2)[nH]n1. The number of hydrogen-bond donors (Lipinski definition) is 2. The summed E-state index contributed by atoms with van der Waals surface area (Å²) in [6.07, 6.45) is 2.79. The number of aromatic amines is 1. The summed E-state index contributed by atoms with van der Waals surface area (Å²) in [5.74, 6) is 0.406. The van der Waals surface area contributed by atoms with Gasteiger partial charge in [-0.05, 0) is 6.42 Å². The summed E-state index contributed by atoms with van der Waals surface area (Å²) in [7, 11) is 0. The van der Waals surface area contributed by atoms with E-state index in [9.17, 15) is 13.2 Å². The van der Waals surface area contributed by atoms with Gasteiger partial charge in [0.15, 0.2) is 11.5 Å². The Bertz CT molecular complexity index is 864. The van der Waals surface area contributed by atoms with Crippen LogP contribution in [0.5, 0.6) is 5.88 Å².